The fourth-order valence-electron chi connectivity index (χ4n) is 2.88. The molecule has 2 aliphatic rings. The van der Waals surface area contributed by atoms with Gasteiger partial charge in [-0.1, -0.05) is 0 Å². The van der Waals surface area contributed by atoms with Crippen molar-refractivity contribution >= 4 is 17.3 Å². The van der Waals surface area contributed by atoms with E-state index in [1.807, 2.05) is 6.07 Å². The zero-order chi connectivity index (χ0) is 14.1. The summed E-state index contributed by atoms with van der Waals surface area (Å²) < 4.78 is 14.1. The van der Waals surface area contributed by atoms with Gasteiger partial charge >= 0.3 is 0 Å². The van der Waals surface area contributed by atoms with E-state index in [9.17, 15) is 9.18 Å². The number of likely N-dealkylation sites (N-methyl/N-ethyl adjacent to an activating group) is 1. The van der Waals surface area contributed by atoms with E-state index in [0.717, 1.165) is 44.8 Å². The minimum atomic E-state index is -0.204. The smallest absolute Gasteiger partial charge is 0.227 e. The summed E-state index contributed by atoms with van der Waals surface area (Å²) in [6.07, 6.45) is 1.49. The number of hydrogen-bond donors (Lipinski definition) is 0. The molecule has 2 saturated heterocycles. The number of benzene rings is 1. The predicted octanol–water partition coefficient (Wildman–Crippen LogP) is 1.70. The molecule has 3 rings (SSSR count). The molecule has 0 bridgehead atoms. The molecule has 0 atom stereocenters. The van der Waals surface area contributed by atoms with E-state index in [0.29, 0.717) is 12.1 Å². The third-order valence-corrected chi connectivity index (χ3v) is 4.16. The van der Waals surface area contributed by atoms with E-state index < -0.39 is 0 Å². The Hall–Kier alpha value is -1.62. The average molecular weight is 277 g/mol. The van der Waals surface area contributed by atoms with Crippen molar-refractivity contribution in [2.45, 2.75) is 12.8 Å². The van der Waals surface area contributed by atoms with Crippen molar-refractivity contribution in [3.63, 3.8) is 0 Å². The maximum Gasteiger partial charge on any atom is 0.227 e. The first-order valence-corrected chi connectivity index (χ1v) is 7.18. The van der Waals surface area contributed by atoms with Crippen molar-refractivity contribution in [2.24, 2.45) is 0 Å². The largest absolute Gasteiger partial charge is 0.367 e. The second-order valence-corrected chi connectivity index (χ2v) is 5.57. The molecule has 1 amide bonds. The van der Waals surface area contributed by atoms with Crippen LogP contribution in [0.3, 0.4) is 0 Å². The number of carbonyl (C=O) groups excluding carboxylic acids is 1. The quantitative estimate of drug-likeness (QED) is 0.823. The van der Waals surface area contributed by atoms with Gasteiger partial charge in [0, 0.05) is 44.8 Å². The molecule has 1 aromatic rings. The van der Waals surface area contributed by atoms with Crippen molar-refractivity contribution in [1.82, 2.24) is 4.90 Å². The number of anilines is 2. The van der Waals surface area contributed by atoms with Gasteiger partial charge in [-0.05, 0) is 31.7 Å². The molecule has 5 heteroatoms. The number of nitrogens with zero attached hydrogens (tertiary/aromatic N) is 3. The van der Waals surface area contributed by atoms with E-state index in [2.05, 4.69) is 16.8 Å². The number of amides is 1. The van der Waals surface area contributed by atoms with Crippen molar-refractivity contribution in [3.8, 4) is 0 Å². The summed E-state index contributed by atoms with van der Waals surface area (Å²) in [4.78, 5) is 17.9. The lowest BCUT2D eigenvalue weighted by Crippen LogP contribution is -2.44. The highest BCUT2D eigenvalue weighted by Crippen LogP contribution is 2.29. The Balaban J connectivity index is 1.85. The highest BCUT2D eigenvalue weighted by atomic mass is 19.1. The van der Waals surface area contributed by atoms with Crippen LogP contribution in [0.25, 0.3) is 0 Å². The molecule has 1 aromatic carbocycles. The van der Waals surface area contributed by atoms with Crippen LogP contribution in [0.1, 0.15) is 12.8 Å². The van der Waals surface area contributed by atoms with E-state index in [4.69, 9.17) is 0 Å². The Bertz CT molecular complexity index is 512. The lowest BCUT2D eigenvalue weighted by atomic mass is 10.2. The molecule has 2 aliphatic heterocycles. The molecule has 0 radical (unpaired) electrons. The normalized spacial score (nSPS) is 20.8. The van der Waals surface area contributed by atoms with Crippen LogP contribution < -0.4 is 9.80 Å². The Kier molecular flexibility index (Phi) is 3.61. The molecular weight excluding hydrogens is 257 g/mol. The van der Waals surface area contributed by atoms with E-state index >= 15 is 0 Å². The second-order valence-electron chi connectivity index (χ2n) is 5.57. The standard InChI is InChI=1S/C15H20FN3O/c1-17-7-9-18(10-8-17)14-11-12(4-5-13(14)16)19-6-2-3-15(19)20/h4-5,11H,2-3,6-10H2,1H3. The third-order valence-electron chi connectivity index (χ3n) is 4.16. The van der Waals surface area contributed by atoms with Crippen LogP contribution in [0.4, 0.5) is 15.8 Å². The van der Waals surface area contributed by atoms with Gasteiger partial charge in [0.05, 0.1) is 5.69 Å². The number of piperazine rings is 1. The molecule has 2 heterocycles. The SMILES string of the molecule is CN1CCN(c2cc(N3CCCC3=O)ccc2F)CC1. The summed E-state index contributed by atoms with van der Waals surface area (Å²) in [6, 6.07) is 5.01. The van der Waals surface area contributed by atoms with Crippen LogP contribution in [0.5, 0.6) is 0 Å². The first kappa shape index (κ1) is 13.4. The van der Waals surface area contributed by atoms with Gasteiger partial charge in [-0.2, -0.15) is 0 Å². The van der Waals surface area contributed by atoms with Gasteiger partial charge < -0.3 is 14.7 Å². The highest BCUT2D eigenvalue weighted by Gasteiger charge is 2.24. The fourth-order valence-corrected chi connectivity index (χ4v) is 2.88. The Morgan fingerprint density at radius 2 is 1.85 bits per heavy atom. The molecule has 20 heavy (non-hydrogen) atoms. The van der Waals surface area contributed by atoms with Crippen LogP contribution in [0.2, 0.25) is 0 Å². The molecule has 0 N–H and O–H groups in total. The van der Waals surface area contributed by atoms with Gasteiger partial charge in [0.15, 0.2) is 0 Å². The summed E-state index contributed by atoms with van der Waals surface area (Å²) in [7, 11) is 2.08. The number of hydrogen-bond acceptors (Lipinski definition) is 3. The molecule has 2 fully saturated rings. The summed E-state index contributed by atoms with van der Waals surface area (Å²) >= 11 is 0. The maximum atomic E-state index is 14.1. The summed E-state index contributed by atoms with van der Waals surface area (Å²) in [5.41, 5.74) is 1.44. The van der Waals surface area contributed by atoms with Crippen LogP contribution in [-0.2, 0) is 4.79 Å². The zero-order valence-corrected chi connectivity index (χ0v) is 11.8. The predicted molar refractivity (Wildman–Crippen MR) is 77.7 cm³/mol. The van der Waals surface area contributed by atoms with Crippen LogP contribution >= 0.6 is 0 Å². The summed E-state index contributed by atoms with van der Waals surface area (Å²) in [5, 5.41) is 0. The highest BCUT2D eigenvalue weighted by molar-refractivity contribution is 5.95. The van der Waals surface area contributed by atoms with Crippen molar-refractivity contribution in [1.29, 1.82) is 0 Å². The van der Waals surface area contributed by atoms with Crippen LogP contribution in [0, 0.1) is 5.82 Å². The molecular formula is C15H20FN3O. The van der Waals surface area contributed by atoms with Gasteiger partial charge in [0.25, 0.3) is 0 Å². The van der Waals surface area contributed by atoms with Gasteiger partial charge in [0.1, 0.15) is 5.82 Å². The monoisotopic (exact) mass is 277 g/mol. The summed E-state index contributed by atoms with van der Waals surface area (Å²) in [5.74, 6) is -0.0640. The van der Waals surface area contributed by atoms with Crippen LogP contribution in [0.15, 0.2) is 18.2 Å². The lowest BCUT2D eigenvalue weighted by Gasteiger charge is -2.34. The minimum absolute atomic E-state index is 0.140. The molecule has 0 saturated carbocycles. The molecule has 108 valence electrons. The van der Waals surface area contributed by atoms with Crippen molar-refractivity contribution in [3.05, 3.63) is 24.0 Å². The topological polar surface area (TPSA) is 26.8 Å². The first-order chi connectivity index (χ1) is 9.65. The zero-order valence-electron chi connectivity index (χ0n) is 11.8. The third kappa shape index (κ3) is 2.50. The molecule has 4 nitrogen and oxygen atoms in total. The average Bonchev–Trinajstić information content (AvgIpc) is 2.87. The van der Waals surface area contributed by atoms with Gasteiger partial charge in [-0.25, -0.2) is 4.39 Å². The number of rotatable bonds is 2. The number of halogens is 1. The minimum Gasteiger partial charge on any atom is -0.367 e. The lowest BCUT2D eigenvalue weighted by molar-refractivity contribution is -0.117. The first-order valence-electron chi connectivity index (χ1n) is 7.18. The van der Waals surface area contributed by atoms with E-state index in [1.54, 1.807) is 11.0 Å². The molecule has 0 aromatic heterocycles. The van der Waals surface area contributed by atoms with Crippen molar-refractivity contribution < 1.29 is 9.18 Å². The maximum absolute atomic E-state index is 14.1. The molecule has 0 spiro atoms. The fraction of sp³-hybridized carbons (Fsp3) is 0.533. The molecule has 0 aliphatic carbocycles. The summed E-state index contributed by atoms with van der Waals surface area (Å²) in [6.45, 7) is 4.26. The Labute approximate surface area is 118 Å². The van der Waals surface area contributed by atoms with E-state index in [1.165, 1.54) is 6.07 Å². The van der Waals surface area contributed by atoms with Gasteiger partial charge in [0.2, 0.25) is 5.91 Å². The van der Waals surface area contributed by atoms with Crippen LogP contribution in [-0.4, -0.2) is 50.6 Å². The van der Waals surface area contributed by atoms with Crippen molar-refractivity contribution in [2.75, 3.05) is 49.6 Å². The van der Waals surface area contributed by atoms with E-state index in [-0.39, 0.29) is 11.7 Å². The second kappa shape index (κ2) is 5.40. The molecule has 0 unspecified atom stereocenters. The van der Waals surface area contributed by atoms with Gasteiger partial charge in [-0.15, -0.1) is 0 Å². The Morgan fingerprint density at radius 3 is 2.50 bits per heavy atom. The van der Waals surface area contributed by atoms with Gasteiger partial charge in [-0.3, -0.25) is 4.79 Å². The Morgan fingerprint density at radius 1 is 1.10 bits per heavy atom. The number of carbonyl (C=O) groups is 1.